The van der Waals surface area contributed by atoms with Gasteiger partial charge in [0.15, 0.2) is 5.78 Å². The lowest BCUT2D eigenvalue weighted by atomic mass is 10.0. The molecule has 0 atom stereocenters. The maximum absolute atomic E-state index is 12.1. The number of Topliss-reactive ketones (excluding diaryl/α,β-unsaturated/α-hetero) is 1. The molecule has 0 aromatic heterocycles. The summed E-state index contributed by atoms with van der Waals surface area (Å²) in [6.45, 7) is 2.06. The van der Waals surface area contributed by atoms with Crippen LogP contribution in [0.15, 0.2) is 54.6 Å². The van der Waals surface area contributed by atoms with Gasteiger partial charge in [-0.15, -0.1) is 0 Å². The van der Waals surface area contributed by atoms with Crippen LogP contribution in [-0.2, 0) is 11.2 Å². The molecule has 2 aromatic rings. The molecule has 4 nitrogen and oxygen atoms in total. The second-order valence-electron chi connectivity index (χ2n) is 4.51. The van der Waals surface area contributed by atoms with E-state index >= 15 is 0 Å². The van der Waals surface area contributed by atoms with Gasteiger partial charge in [-0.1, -0.05) is 42.5 Å². The van der Waals surface area contributed by atoms with Crippen molar-refractivity contribution in [1.82, 2.24) is 0 Å². The molecule has 0 aliphatic rings. The third-order valence-corrected chi connectivity index (χ3v) is 2.91. The van der Waals surface area contributed by atoms with Gasteiger partial charge < -0.3 is 4.74 Å². The Bertz CT molecular complexity index is 623. The van der Waals surface area contributed by atoms with E-state index in [1.54, 1.807) is 37.3 Å². The normalized spacial score (nSPS) is 9.95. The van der Waals surface area contributed by atoms with Crippen molar-refractivity contribution < 1.29 is 14.3 Å². The molecule has 0 saturated carbocycles. The van der Waals surface area contributed by atoms with Crippen molar-refractivity contribution in [3.05, 3.63) is 65.7 Å². The number of hydrogen-bond donors (Lipinski definition) is 1. The van der Waals surface area contributed by atoms with E-state index in [1.165, 1.54) is 0 Å². The van der Waals surface area contributed by atoms with E-state index in [1.807, 2.05) is 24.3 Å². The molecule has 0 aliphatic carbocycles. The minimum atomic E-state index is -0.496. The number of anilines is 1. The summed E-state index contributed by atoms with van der Waals surface area (Å²) in [5.41, 5.74) is 2.14. The van der Waals surface area contributed by atoms with Crippen molar-refractivity contribution >= 4 is 17.6 Å². The summed E-state index contributed by atoms with van der Waals surface area (Å²) in [5, 5.41) is 2.62. The molecule has 1 amide bonds. The highest BCUT2D eigenvalue weighted by molar-refractivity contribution is 5.97. The quantitative estimate of drug-likeness (QED) is 0.852. The summed E-state index contributed by atoms with van der Waals surface area (Å²) < 4.78 is 4.82. The highest BCUT2D eigenvalue weighted by Gasteiger charge is 2.08. The Kier molecular flexibility index (Phi) is 5.10. The van der Waals surface area contributed by atoms with E-state index < -0.39 is 6.09 Å². The molecule has 0 unspecified atom stereocenters. The second-order valence-corrected chi connectivity index (χ2v) is 4.51. The summed E-state index contributed by atoms with van der Waals surface area (Å²) in [4.78, 5) is 23.5. The van der Waals surface area contributed by atoms with Gasteiger partial charge in [0.2, 0.25) is 0 Å². The zero-order valence-electron chi connectivity index (χ0n) is 11.8. The van der Waals surface area contributed by atoms with Gasteiger partial charge in [0.05, 0.1) is 6.61 Å². The molecular weight excluding hydrogens is 266 g/mol. The SMILES string of the molecule is CCOC(=O)Nc1cccc(CC(=O)c2ccccc2)c1. The van der Waals surface area contributed by atoms with Crippen LogP contribution in [0.1, 0.15) is 22.8 Å². The lowest BCUT2D eigenvalue weighted by molar-refractivity contribution is 0.0993. The van der Waals surface area contributed by atoms with Crippen molar-refractivity contribution in [3.8, 4) is 0 Å². The van der Waals surface area contributed by atoms with Crippen LogP contribution >= 0.6 is 0 Å². The van der Waals surface area contributed by atoms with Crippen molar-refractivity contribution in [2.75, 3.05) is 11.9 Å². The van der Waals surface area contributed by atoms with E-state index in [9.17, 15) is 9.59 Å². The lowest BCUT2D eigenvalue weighted by Crippen LogP contribution is -2.13. The number of ketones is 1. The molecule has 0 saturated heterocycles. The molecule has 2 rings (SSSR count). The van der Waals surface area contributed by atoms with E-state index in [4.69, 9.17) is 4.74 Å². The van der Waals surface area contributed by atoms with Crippen LogP contribution in [0.4, 0.5) is 10.5 Å². The van der Waals surface area contributed by atoms with E-state index in [-0.39, 0.29) is 5.78 Å². The number of ether oxygens (including phenoxy) is 1. The van der Waals surface area contributed by atoms with Gasteiger partial charge in [-0.2, -0.15) is 0 Å². The van der Waals surface area contributed by atoms with Gasteiger partial charge >= 0.3 is 6.09 Å². The molecular formula is C17H17NO3. The van der Waals surface area contributed by atoms with E-state index in [0.29, 0.717) is 24.3 Å². The minimum absolute atomic E-state index is 0.0453. The third kappa shape index (κ3) is 4.45. The Balaban J connectivity index is 2.04. The van der Waals surface area contributed by atoms with Gasteiger partial charge in [0.1, 0.15) is 0 Å². The first-order valence-electron chi connectivity index (χ1n) is 6.80. The number of carbonyl (C=O) groups excluding carboxylic acids is 2. The molecule has 0 radical (unpaired) electrons. The number of rotatable bonds is 5. The fourth-order valence-corrected chi connectivity index (χ4v) is 1.96. The van der Waals surface area contributed by atoms with Crippen molar-refractivity contribution in [3.63, 3.8) is 0 Å². The summed E-state index contributed by atoms with van der Waals surface area (Å²) >= 11 is 0. The number of hydrogen-bond acceptors (Lipinski definition) is 3. The first-order valence-corrected chi connectivity index (χ1v) is 6.80. The molecule has 108 valence electrons. The molecule has 0 aliphatic heterocycles. The van der Waals surface area contributed by atoms with Crippen LogP contribution in [0, 0.1) is 0 Å². The maximum atomic E-state index is 12.1. The van der Waals surface area contributed by atoms with Crippen LogP contribution in [0.5, 0.6) is 0 Å². The third-order valence-electron chi connectivity index (χ3n) is 2.91. The van der Waals surface area contributed by atoms with E-state index in [2.05, 4.69) is 5.32 Å². The summed E-state index contributed by atoms with van der Waals surface area (Å²) in [6.07, 6.45) is -0.202. The van der Waals surface area contributed by atoms with Gasteiger partial charge in [-0.3, -0.25) is 10.1 Å². The average Bonchev–Trinajstić information content (AvgIpc) is 2.48. The Labute approximate surface area is 123 Å². The number of carbonyl (C=O) groups is 2. The van der Waals surface area contributed by atoms with Crippen molar-refractivity contribution in [1.29, 1.82) is 0 Å². The number of nitrogens with one attached hydrogen (secondary N) is 1. The zero-order valence-corrected chi connectivity index (χ0v) is 11.8. The van der Waals surface area contributed by atoms with Gasteiger partial charge in [-0.05, 0) is 24.6 Å². The molecule has 0 spiro atoms. The Morgan fingerprint density at radius 1 is 1.05 bits per heavy atom. The van der Waals surface area contributed by atoms with Crippen LogP contribution in [0.25, 0.3) is 0 Å². The lowest BCUT2D eigenvalue weighted by Gasteiger charge is -2.07. The van der Waals surface area contributed by atoms with Crippen LogP contribution < -0.4 is 5.32 Å². The predicted octanol–water partition coefficient (Wildman–Crippen LogP) is 3.68. The minimum Gasteiger partial charge on any atom is -0.450 e. The number of amides is 1. The van der Waals surface area contributed by atoms with Gasteiger partial charge in [0.25, 0.3) is 0 Å². The average molecular weight is 283 g/mol. The fourth-order valence-electron chi connectivity index (χ4n) is 1.96. The molecule has 0 heterocycles. The topological polar surface area (TPSA) is 55.4 Å². The summed E-state index contributed by atoms with van der Waals surface area (Å²) in [7, 11) is 0. The standard InChI is InChI=1S/C17H17NO3/c1-2-21-17(20)18-15-10-6-7-13(11-15)12-16(19)14-8-4-3-5-9-14/h3-11H,2,12H2,1H3,(H,18,20). The largest absolute Gasteiger partial charge is 0.450 e. The van der Waals surface area contributed by atoms with Crippen molar-refractivity contribution in [2.45, 2.75) is 13.3 Å². The van der Waals surface area contributed by atoms with Gasteiger partial charge in [0, 0.05) is 17.7 Å². The smallest absolute Gasteiger partial charge is 0.411 e. The fraction of sp³-hybridized carbons (Fsp3) is 0.176. The number of benzene rings is 2. The highest BCUT2D eigenvalue weighted by atomic mass is 16.5. The zero-order chi connectivity index (χ0) is 15.1. The van der Waals surface area contributed by atoms with Gasteiger partial charge in [-0.25, -0.2) is 4.79 Å². The second kappa shape index (κ2) is 7.24. The first-order chi connectivity index (χ1) is 10.2. The molecule has 0 fully saturated rings. The summed E-state index contributed by atoms with van der Waals surface area (Å²) in [6, 6.07) is 16.3. The van der Waals surface area contributed by atoms with Crippen LogP contribution in [-0.4, -0.2) is 18.5 Å². The van der Waals surface area contributed by atoms with Crippen LogP contribution in [0.2, 0.25) is 0 Å². The maximum Gasteiger partial charge on any atom is 0.411 e. The molecule has 21 heavy (non-hydrogen) atoms. The molecule has 4 heteroatoms. The van der Waals surface area contributed by atoms with Crippen molar-refractivity contribution in [2.24, 2.45) is 0 Å². The van der Waals surface area contributed by atoms with E-state index in [0.717, 1.165) is 5.56 Å². The predicted molar refractivity (Wildman–Crippen MR) is 81.6 cm³/mol. The molecule has 2 aromatic carbocycles. The highest BCUT2D eigenvalue weighted by Crippen LogP contribution is 2.13. The first kappa shape index (κ1) is 14.8. The summed E-state index contributed by atoms with van der Waals surface area (Å²) in [5.74, 6) is 0.0453. The Morgan fingerprint density at radius 2 is 1.81 bits per heavy atom. The molecule has 1 N–H and O–H groups in total. The Hall–Kier alpha value is -2.62. The van der Waals surface area contributed by atoms with Crippen LogP contribution in [0.3, 0.4) is 0 Å². The molecule has 0 bridgehead atoms. The monoisotopic (exact) mass is 283 g/mol. The Morgan fingerprint density at radius 3 is 2.52 bits per heavy atom.